The molecule has 0 amide bonds. The van der Waals surface area contributed by atoms with Crippen molar-refractivity contribution < 1.29 is 18.7 Å². The van der Waals surface area contributed by atoms with Crippen LogP contribution in [0.5, 0.6) is 0 Å². The Morgan fingerprint density at radius 2 is 2.11 bits per heavy atom. The Balaban J connectivity index is 5.49. The minimum Gasteiger partial charge on any atom is -0.460 e. The van der Waals surface area contributed by atoms with E-state index in [1.165, 1.54) is 26.0 Å². The van der Waals surface area contributed by atoms with Crippen LogP contribution in [0, 0.1) is 0 Å². The zero-order chi connectivity index (χ0) is 15.1. The predicted octanol–water partition coefficient (Wildman–Crippen LogP) is 2.44. The number of alkyl halides is 1. The molecule has 106 valence electrons. The number of nitrogens with zero attached hydrogens (tertiary/aromatic N) is 1. The van der Waals surface area contributed by atoms with Gasteiger partial charge in [-0.15, -0.1) is 6.58 Å². The molecule has 0 spiro atoms. The van der Waals surface area contributed by atoms with Crippen LogP contribution in [0.2, 0.25) is 0 Å². The molecule has 0 aromatic heterocycles. The molecule has 0 aliphatic carbocycles. The van der Waals surface area contributed by atoms with Crippen molar-refractivity contribution >= 4 is 17.5 Å². The molecule has 0 fully saturated rings. The summed E-state index contributed by atoms with van der Waals surface area (Å²) in [6.45, 7) is 9.66. The summed E-state index contributed by atoms with van der Waals surface area (Å²) < 4.78 is 18.2. The lowest BCUT2D eigenvalue weighted by molar-refractivity contribution is -0.150. The van der Waals surface area contributed by atoms with Gasteiger partial charge in [-0.2, -0.15) is 0 Å². The molecule has 0 saturated heterocycles. The van der Waals surface area contributed by atoms with Crippen LogP contribution in [0.4, 0.5) is 4.39 Å². The first-order chi connectivity index (χ1) is 8.82. The van der Waals surface area contributed by atoms with Gasteiger partial charge in [0.25, 0.3) is 5.78 Å². The third-order valence-corrected chi connectivity index (χ3v) is 2.60. The summed E-state index contributed by atoms with van der Waals surface area (Å²) in [7, 11) is 0. The zero-order valence-electron chi connectivity index (χ0n) is 11.8. The fraction of sp³-hybridized carbons (Fsp3) is 0.500. The Kier molecular flexibility index (Phi) is 6.90. The van der Waals surface area contributed by atoms with Crippen molar-refractivity contribution in [3.05, 3.63) is 24.8 Å². The minimum atomic E-state index is -1.35. The number of carbonyl (C=O) groups is 2. The zero-order valence-corrected chi connectivity index (χ0v) is 11.8. The molecule has 0 heterocycles. The van der Waals surface area contributed by atoms with Crippen molar-refractivity contribution in [3.63, 3.8) is 0 Å². The van der Waals surface area contributed by atoms with Crippen LogP contribution in [-0.2, 0) is 14.3 Å². The first kappa shape index (κ1) is 17.2. The summed E-state index contributed by atoms with van der Waals surface area (Å²) in [4.78, 5) is 27.2. The molecule has 0 saturated carbocycles. The van der Waals surface area contributed by atoms with Gasteiger partial charge >= 0.3 is 5.97 Å². The lowest BCUT2D eigenvalue weighted by atomic mass is 9.97. The number of ether oxygens (including phenoxy) is 1. The minimum absolute atomic E-state index is 0.0892. The Morgan fingerprint density at radius 1 is 1.53 bits per heavy atom. The van der Waals surface area contributed by atoms with Crippen molar-refractivity contribution in [2.24, 2.45) is 4.99 Å². The molecular formula is C14H20FNO3. The number of carbonyl (C=O) groups excluding carboxylic acids is 2. The first-order valence-corrected chi connectivity index (χ1v) is 6.04. The predicted molar refractivity (Wildman–Crippen MR) is 73.1 cm³/mol. The van der Waals surface area contributed by atoms with Gasteiger partial charge in [-0.05, 0) is 33.8 Å². The van der Waals surface area contributed by atoms with Gasteiger partial charge in [-0.25, -0.2) is 9.18 Å². The van der Waals surface area contributed by atoms with E-state index < -0.39 is 23.5 Å². The van der Waals surface area contributed by atoms with Crippen LogP contribution >= 0.6 is 0 Å². The Morgan fingerprint density at radius 3 is 2.47 bits per heavy atom. The smallest absolute Gasteiger partial charge is 0.381 e. The van der Waals surface area contributed by atoms with Crippen LogP contribution < -0.4 is 0 Å². The van der Waals surface area contributed by atoms with E-state index in [0.29, 0.717) is 0 Å². The molecular weight excluding hydrogens is 249 g/mol. The molecule has 0 aliphatic rings. The van der Waals surface area contributed by atoms with E-state index >= 15 is 0 Å². The molecule has 0 bridgehead atoms. The summed E-state index contributed by atoms with van der Waals surface area (Å²) in [5.74, 6) is -1.90. The number of hydrogen-bond donors (Lipinski definition) is 0. The number of hydrogen-bond acceptors (Lipinski definition) is 4. The third kappa shape index (κ3) is 4.77. The van der Waals surface area contributed by atoms with Gasteiger partial charge in [0, 0.05) is 0 Å². The van der Waals surface area contributed by atoms with Crippen molar-refractivity contribution in [1.29, 1.82) is 0 Å². The third-order valence-electron chi connectivity index (χ3n) is 2.60. The van der Waals surface area contributed by atoms with Crippen molar-refractivity contribution in [1.82, 2.24) is 0 Å². The van der Waals surface area contributed by atoms with E-state index in [-0.39, 0.29) is 12.3 Å². The molecule has 0 rings (SSSR count). The van der Waals surface area contributed by atoms with Crippen LogP contribution in [0.1, 0.15) is 27.7 Å². The normalized spacial score (nSPS) is 16.8. The lowest BCUT2D eigenvalue weighted by Crippen LogP contribution is -2.34. The molecule has 2 unspecified atom stereocenters. The Hall–Kier alpha value is -1.78. The number of aliphatic imine (C=N–C) groups is 1. The van der Waals surface area contributed by atoms with Gasteiger partial charge in [-0.3, -0.25) is 9.79 Å². The Bertz CT molecular complexity index is 413. The van der Waals surface area contributed by atoms with Crippen LogP contribution in [0.3, 0.4) is 0 Å². The van der Waals surface area contributed by atoms with Crippen LogP contribution in [0.25, 0.3) is 0 Å². The first-order valence-electron chi connectivity index (χ1n) is 6.04. The van der Waals surface area contributed by atoms with Gasteiger partial charge in [-0.1, -0.05) is 12.2 Å². The monoisotopic (exact) mass is 269 g/mol. The van der Waals surface area contributed by atoms with Gasteiger partial charge in [0.1, 0.15) is 17.4 Å². The quantitative estimate of drug-likeness (QED) is 0.309. The van der Waals surface area contributed by atoms with Crippen molar-refractivity contribution in [3.8, 4) is 0 Å². The van der Waals surface area contributed by atoms with Gasteiger partial charge < -0.3 is 4.74 Å². The van der Waals surface area contributed by atoms with Gasteiger partial charge in [0.05, 0.1) is 6.61 Å². The maximum atomic E-state index is 13.5. The molecule has 0 N–H and O–H groups in total. The highest BCUT2D eigenvalue weighted by molar-refractivity contribution is 6.66. The number of halogens is 1. The second-order valence-corrected chi connectivity index (χ2v) is 4.09. The molecule has 0 aromatic carbocycles. The van der Waals surface area contributed by atoms with E-state index in [9.17, 15) is 14.0 Å². The standard InChI is InChI=1S/C14H20FNO3/c1-6-9-11(12(17)13(18)19-8-3)16-14(5,7-2)10(4)15/h6-7,9-10H,2,8H2,1,3-5H3/b9-6-,16-11?. The van der Waals surface area contributed by atoms with E-state index in [4.69, 9.17) is 0 Å². The van der Waals surface area contributed by atoms with Crippen molar-refractivity contribution in [2.75, 3.05) is 6.61 Å². The fourth-order valence-corrected chi connectivity index (χ4v) is 1.18. The van der Waals surface area contributed by atoms with E-state index in [0.717, 1.165) is 0 Å². The van der Waals surface area contributed by atoms with Crippen LogP contribution in [0.15, 0.2) is 29.8 Å². The Labute approximate surface area is 113 Å². The number of Topliss-reactive ketones (excluding diaryl/α,β-unsaturated/α-hetero) is 1. The maximum Gasteiger partial charge on any atom is 0.381 e. The van der Waals surface area contributed by atoms with Crippen LogP contribution in [-0.4, -0.2) is 35.8 Å². The molecule has 0 aliphatic heterocycles. The molecule has 0 aromatic rings. The van der Waals surface area contributed by atoms with Gasteiger partial charge in [0.15, 0.2) is 0 Å². The fourth-order valence-electron chi connectivity index (χ4n) is 1.18. The van der Waals surface area contributed by atoms with Gasteiger partial charge in [0.2, 0.25) is 0 Å². The maximum absolute atomic E-state index is 13.5. The summed E-state index contributed by atoms with van der Waals surface area (Å²) in [6.07, 6.45) is 2.85. The number of rotatable bonds is 7. The number of allylic oxidation sites excluding steroid dienone is 2. The molecule has 0 radical (unpaired) electrons. The van der Waals surface area contributed by atoms with E-state index in [1.807, 2.05) is 0 Å². The second kappa shape index (κ2) is 7.61. The highest BCUT2D eigenvalue weighted by Gasteiger charge is 2.30. The highest BCUT2D eigenvalue weighted by Crippen LogP contribution is 2.20. The van der Waals surface area contributed by atoms with Crippen molar-refractivity contribution in [2.45, 2.75) is 39.4 Å². The van der Waals surface area contributed by atoms with E-state index in [2.05, 4.69) is 16.3 Å². The molecule has 2 atom stereocenters. The largest absolute Gasteiger partial charge is 0.460 e. The summed E-state index contributed by atoms with van der Waals surface area (Å²) in [5, 5.41) is 0. The summed E-state index contributed by atoms with van der Waals surface area (Å²) >= 11 is 0. The number of esters is 1. The number of ketones is 1. The molecule has 4 nitrogen and oxygen atoms in total. The molecule has 19 heavy (non-hydrogen) atoms. The summed E-state index contributed by atoms with van der Waals surface area (Å²) in [6, 6.07) is 0. The molecule has 5 heteroatoms. The topological polar surface area (TPSA) is 55.7 Å². The SMILES string of the molecule is C=CC(C)(N=C(/C=C\C)C(=O)C(=O)OCC)C(C)F. The van der Waals surface area contributed by atoms with E-state index in [1.54, 1.807) is 19.9 Å². The average molecular weight is 269 g/mol. The average Bonchev–Trinajstić information content (AvgIpc) is 2.37. The lowest BCUT2D eigenvalue weighted by Gasteiger charge is -2.23. The summed E-state index contributed by atoms with van der Waals surface area (Å²) in [5.41, 5.74) is -1.41. The second-order valence-electron chi connectivity index (χ2n) is 4.09. The highest BCUT2D eigenvalue weighted by atomic mass is 19.1.